The van der Waals surface area contributed by atoms with Crippen molar-refractivity contribution in [3.8, 4) is 0 Å². The van der Waals surface area contributed by atoms with Gasteiger partial charge in [0.05, 0.1) is 0 Å². The van der Waals surface area contributed by atoms with Gasteiger partial charge >= 0.3 is 0 Å². The van der Waals surface area contributed by atoms with E-state index in [1.807, 2.05) is 0 Å². The number of nitrogens with one attached hydrogen (secondary N) is 1. The maximum Gasteiger partial charge on any atom is 0.0277 e. The first-order valence-corrected chi connectivity index (χ1v) is 8.12. The van der Waals surface area contributed by atoms with Crippen LogP contribution in [-0.4, -0.2) is 36.1 Å². The lowest BCUT2D eigenvalue weighted by atomic mass is 9.75. The highest BCUT2D eigenvalue weighted by Crippen LogP contribution is 2.35. The van der Waals surface area contributed by atoms with Crippen molar-refractivity contribution in [1.29, 1.82) is 0 Å². The van der Waals surface area contributed by atoms with Gasteiger partial charge in [-0.1, -0.05) is 20.8 Å². The molecule has 5 unspecified atom stereocenters. The Morgan fingerprint density at radius 2 is 1.94 bits per heavy atom. The van der Waals surface area contributed by atoms with Crippen LogP contribution in [0.2, 0.25) is 0 Å². The number of nitrogens with zero attached hydrogens (tertiary/aromatic N) is 1. The minimum absolute atomic E-state index is 0.726. The Labute approximate surface area is 114 Å². The summed E-state index contributed by atoms with van der Waals surface area (Å²) in [6, 6.07) is 2.31. The van der Waals surface area contributed by atoms with Gasteiger partial charge in [0.2, 0.25) is 0 Å². The number of hydrogen-bond donors (Lipinski definition) is 1. The van der Waals surface area contributed by atoms with E-state index in [-0.39, 0.29) is 0 Å². The molecular weight excluding hydrogens is 220 g/mol. The summed E-state index contributed by atoms with van der Waals surface area (Å²) < 4.78 is 0. The SMILES string of the molecule is CCCNC1CC(C)CC(C)C1N1CCCC1C. The van der Waals surface area contributed by atoms with E-state index in [9.17, 15) is 0 Å². The molecule has 1 saturated heterocycles. The molecular formula is C16H32N2. The van der Waals surface area contributed by atoms with Crippen molar-refractivity contribution in [2.45, 2.75) is 77.9 Å². The molecule has 2 heteroatoms. The highest BCUT2D eigenvalue weighted by Gasteiger charge is 2.40. The molecule has 0 radical (unpaired) electrons. The van der Waals surface area contributed by atoms with Gasteiger partial charge in [0.25, 0.3) is 0 Å². The summed E-state index contributed by atoms with van der Waals surface area (Å²) in [4.78, 5) is 2.81. The van der Waals surface area contributed by atoms with Gasteiger partial charge in [-0.3, -0.25) is 4.90 Å². The highest BCUT2D eigenvalue weighted by atomic mass is 15.2. The van der Waals surface area contributed by atoms with Crippen molar-refractivity contribution >= 4 is 0 Å². The fourth-order valence-corrected chi connectivity index (χ4v) is 4.33. The molecule has 1 heterocycles. The van der Waals surface area contributed by atoms with E-state index in [0.717, 1.165) is 30.0 Å². The van der Waals surface area contributed by atoms with Crippen molar-refractivity contribution in [3.05, 3.63) is 0 Å². The molecule has 0 aromatic rings. The molecule has 5 atom stereocenters. The monoisotopic (exact) mass is 252 g/mol. The van der Waals surface area contributed by atoms with Crippen LogP contribution in [0.25, 0.3) is 0 Å². The fraction of sp³-hybridized carbons (Fsp3) is 1.00. The smallest absolute Gasteiger partial charge is 0.0277 e. The Kier molecular flexibility index (Phi) is 5.08. The van der Waals surface area contributed by atoms with Crippen LogP contribution in [0.5, 0.6) is 0 Å². The van der Waals surface area contributed by atoms with Crippen LogP contribution in [0.4, 0.5) is 0 Å². The molecule has 2 rings (SSSR count). The molecule has 2 fully saturated rings. The zero-order valence-electron chi connectivity index (χ0n) is 12.8. The Hall–Kier alpha value is -0.0800. The van der Waals surface area contributed by atoms with Crippen LogP contribution in [-0.2, 0) is 0 Å². The summed E-state index contributed by atoms with van der Waals surface area (Å²) in [6.45, 7) is 12.1. The topological polar surface area (TPSA) is 15.3 Å². The van der Waals surface area contributed by atoms with Gasteiger partial charge in [-0.05, 0) is 64.0 Å². The predicted octanol–water partition coefficient (Wildman–Crippen LogP) is 3.27. The Morgan fingerprint density at radius 1 is 1.17 bits per heavy atom. The molecule has 0 spiro atoms. The zero-order chi connectivity index (χ0) is 13.1. The first-order valence-electron chi connectivity index (χ1n) is 8.12. The van der Waals surface area contributed by atoms with Gasteiger partial charge in [0.15, 0.2) is 0 Å². The molecule has 1 aliphatic heterocycles. The third kappa shape index (κ3) is 3.08. The highest BCUT2D eigenvalue weighted by molar-refractivity contribution is 4.97. The standard InChI is InChI=1S/C16H32N2/c1-5-8-17-15-11-12(2)10-13(3)16(15)18-9-6-7-14(18)4/h12-17H,5-11H2,1-4H3. The van der Waals surface area contributed by atoms with Crippen LogP contribution in [0, 0.1) is 11.8 Å². The molecule has 1 saturated carbocycles. The van der Waals surface area contributed by atoms with E-state index < -0.39 is 0 Å². The Morgan fingerprint density at radius 3 is 2.56 bits per heavy atom. The lowest BCUT2D eigenvalue weighted by molar-refractivity contribution is 0.0568. The van der Waals surface area contributed by atoms with E-state index in [1.165, 1.54) is 45.2 Å². The predicted molar refractivity (Wildman–Crippen MR) is 78.8 cm³/mol. The molecule has 0 amide bonds. The average molecular weight is 252 g/mol. The molecule has 1 N–H and O–H groups in total. The van der Waals surface area contributed by atoms with Crippen LogP contribution in [0.3, 0.4) is 0 Å². The largest absolute Gasteiger partial charge is 0.312 e. The first-order chi connectivity index (χ1) is 8.63. The summed E-state index contributed by atoms with van der Waals surface area (Å²) in [5.74, 6) is 1.74. The molecule has 2 nitrogen and oxygen atoms in total. The maximum atomic E-state index is 3.84. The molecule has 0 bridgehead atoms. The van der Waals surface area contributed by atoms with Crippen molar-refractivity contribution < 1.29 is 0 Å². The van der Waals surface area contributed by atoms with Gasteiger partial charge in [0, 0.05) is 18.1 Å². The second kappa shape index (κ2) is 6.38. The molecule has 0 aromatic carbocycles. The van der Waals surface area contributed by atoms with Crippen LogP contribution >= 0.6 is 0 Å². The van der Waals surface area contributed by atoms with Crippen LogP contribution in [0.1, 0.15) is 59.8 Å². The summed E-state index contributed by atoms with van der Waals surface area (Å²) in [6.07, 6.45) is 6.84. The summed E-state index contributed by atoms with van der Waals surface area (Å²) in [5, 5.41) is 3.84. The zero-order valence-corrected chi connectivity index (χ0v) is 12.8. The minimum Gasteiger partial charge on any atom is -0.312 e. The summed E-state index contributed by atoms with van der Waals surface area (Å²) >= 11 is 0. The average Bonchev–Trinajstić information content (AvgIpc) is 2.72. The fourth-order valence-electron chi connectivity index (χ4n) is 4.33. The second-order valence-electron chi connectivity index (χ2n) is 6.83. The third-order valence-corrected chi connectivity index (χ3v) is 5.07. The van der Waals surface area contributed by atoms with E-state index >= 15 is 0 Å². The first kappa shape index (κ1) is 14.3. The van der Waals surface area contributed by atoms with Crippen molar-refractivity contribution in [3.63, 3.8) is 0 Å². The minimum atomic E-state index is 0.726. The molecule has 106 valence electrons. The van der Waals surface area contributed by atoms with E-state index in [2.05, 4.69) is 37.9 Å². The van der Waals surface area contributed by atoms with Crippen LogP contribution in [0.15, 0.2) is 0 Å². The van der Waals surface area contributed by atoms with Gasteiger partial charge in [0.1, 0.15) is 0 Å². The quantitative estimate of drug-likeness (QED) is 0.826. The lowest BCUT2D eigenvalue weighted by Gasteiger charge is -2.46. The van der Waals surface area contributed by atoms with Gasteiger partial charge < -0.3 is 5.32 Å². The van der Waals surface area contributed by atoms with Crippen molar-refractivity contribution in [2.24, 2.45) is 11.8 Å². The van der Waals surface area contributed by atoms with Gasteiger partial charge in [-0.25, -0.2) is 0 Å². The molecule has 18 heavy (non-hydrogen) atoms. The van der Waals surface area contributed by atoms with E-state index in [4.69, 9.17) is 0 Å². The molecule has 1 aliphatic carbocycles. The van der Waals surface area contributed by atoms with Gasteiger partial charge in [-0.2, -0.15) is 0 Å². The second-order valence-corrected chi connectivity index (χ2v) is 6.83. The number of hydrogen-bond acceptors (Lipinski definition) is 2. The van der Waals surface area contributed by atoms with Crippen molar-refractivity contribution in [2.75, 3.05) is 13.1 Å². The van der Waals surface area contributed by atoms with E-state index in [1.54, 1.807) is 0 Å². The number of likely N-dealkylation sites (tertiary alicyclic amines) is 1. The Balaban J connectivity index is 2.06. The maximum absolute atomic E-state index is 3.84. The van der Waals surface area contributed by atoms with Gasteiger partial charge in [-0.15, -0.1) is 0 Å². The lowest BCUT2D eigenvalue weighted by Crippen LogP contribution is -2.57. The Bertz CT molecular complexity index is 253. The molecule has 0 aromatic heterocycles. The van der Waals surface area contributed by atoms with E-state index in [0.29, 0.717) is 0 Å². The number of rotatable bonds is 4. The third-order valence-electron chi connectivity index (χ3n) is 5.07. The van der Waals surface area contributed by atoms with Crippen molar-refractivity contribution in [1.82, 2.24) is 10.2 Å². The molecule has 2 aliphatic rings. The summed E-state index contributed by atoms with van der Waals surface area (Å²) in [5.41, 5.74) is 0. The normalized spacial score (nSPS) is 42.3. The summed E-state index contributed by atoms with van der Waals surface area (Å²) in [7, 11) is 0. The van der Waals surface area contributed by atoms with Crippen LogP contribution < -0.4 is 5.32 Å².